The van der Waals surface area contributed by atoms with Crippen LogP contribution in [-0.2, 0) is 4.74 Å². The zero-order valence-corrected chi connectivity index (χ0v) is 19.6. The van der Waals surface area contributed by atoms with Gasteiger partial charge in [0.25, 0.3) is 0 Å². The summed E-state index contributed by atoms with van der Waals surface area (Å²) >= 11 is 2.07. The number of ether oxygens (including phenoxy) is 1. The molecular formula is C21H43N5OS. The highest BCUT2D eigenvalue weighted by Crippen LogP contribution is 2.34. The molecule has 7 heteroatoms. The number of nitrogens with one attached hydrogen (secondary N) is 2. The van der Waals surface area contributed by atoms with Crippen LogP contribution in [0.4, 0.5) is 0 Å². The average molecular weight is 414 g/mol. The first-order valence-corrected chi connectivity index (χ1v) is 12.3. The van der Waals surface area contributed by atoms with Gasteiger partial charge >= 0.3 is 0 Å². The van der Waals surface area contributed by atoms with Gasteiger partial charge in [-0.05, 0) is 53.2 Å². The fraction of sp³-hybridized carbons (Fsp3) is 0.952. The average Bonchev–Trinajstić information content (AvgIpc) is 3.16. The van der Waals surface area contributed by atoms with Gasteiger partial charge in [-0.2, -0.15) is 11.8 Å². The molecule has 0 radical (unpaired) electrons. The number of aliphatic imine (C=N–C) groups is 1. The third-order valence-corrected chi connectivity index (χ3v) is 7.09. The van der Waals surface area contributed by atoms with E-state index in [-0.39, 0.29) is 5.54 Å². The zero-order chi connectivity index (χ0) is 20.4. The molecule has 2 heterocycles. The summed E-state index contributed by atoms with van der Waals surface area (Å²) in [6.45, 7) is 18.9. The quantitative estimate of drug-likeness (QED) is 0.325. The summed E-state index contributed by atoms with van der Waals surface area (Å²) < 4.78 is 5.57. The minimum Gasteiger partial charge on any atom is -0.379 e. The molecular weight excluding hydrogens is 370 g/mol. The lowest BCUT2D eigenvalue weighted by atomic mass is 9.96. The molecule has 0 aliphatic carbocycles. The van der Waals surface area contributed by atoms with Gasteiger partial charge in [-0.1, -0.05) is 0 Å². The number of thioether (sulfide) groups is 1. The second-order valence-electron chi connectivity index (χ2n) is 8.53. The molecule has 6 nitrogen and oxygen atoms in total. The van der Waals surface area contributed by atoms with Crippen molar-refractivity contribution in [3.8, 4) is 0 Å². The highest BCUT2D eigenvalue weighted by Gasteiger charge is 2.40. The molecule has 2 saturated heterocycles. The van der Waals surface area contributed by atoms with E-state index in [2.05, 4.69) is 66.8 Å². The van der Waals surface area contributed by atoms with Gasteiger partial charge in [-0.3, -0.25) is 14.8 Å². The van der Waals surface area contributed by atoms with Crippen molar-refractivity contribution in [3.05, 3.63) is 0 Å². The summed E-state index contributed by atoms with van der Waals surface area (Å²) in [5.74, 6) is 3.40. The Hall–Kier alpha value is -0.500. The van der Waals surface area contributed by atoms with Gasteiger partial charge in [0.05, 0.1) is 25.3 Å². The lowest BCUT2D eigenvalue weighted by Crippen LogP contribution is -2.56. The molecule has 164 valence electrons. The molecule has 28 heavy (non-hydrogen) atoms. The summed E-state index contributed by atoms with van der Waals surface area (Å²) in [6.07, 6.45) is 2.36. The van der Waals surface area contributed by atoms with Crippen molar-refractivity contribution in [2.24, 2.45) is 4.99 Å². The van der Waals surface area contributed by atoms with Crippen LogP contribution in [0.25, 0.3) is 0 Å². The molecule has 0 bridgehead atoms. The van der Waals surface area contributed by atoms with Gasteiger partial charge in [0.1, 0.15) is 0 Å². The van der Waals surface area contributed by atoms with Gasteiger partial charge in [0.15, 0.2) is 5.96 Å². The third kappa shape index (κ3) is 7.08. The highest BCUT2D eigenvalue weighted by molar-refractivity contribution is 7.99. The van der Waals surface area contributed by atoms with Crippen LogP contribution in [0, 0.1) is 0 Å². The Balaban J connectivity index is 1.88. The van der Waals surface area contributed by atoms with Crippen molar-refractivity contribution in [2.75, 3.05) is 64.0 Å². The fourth-order valence-electron chi connectivity index (χ4n) is 4.26. The van der Waals surface area contributed by atoms with Crippen LogP contribution in [0.3, 0.4) is 0 Å². The van der Waals surface area contributed by atoms with E-state index in [4.69, 9.17) is 9.73 Å². The molecule has 0 amide bonds. The molecule has 2 N–H and O–H groups in total. The van der Waals surface area contributed by atoms with Crippen LogP contribution in [0.1, 0.15) is 47.5 Å². The van der Waals surface area contributed by atoms with Crippen LogP contribution in [0.15, 0.2) is 4.99 Å². The van der Waals surface area contributed by atoms with Gasteiger partial charge in [-0.15, -0.1) is 0 Å². The minimum atomic E-state index is 0.211. The van der Waals surface area contributed by atoms with E-state index in [1.165, 1.54) is 17.9 Å². The van der Waals surface area contributed by atoms with Gasteiger partial charge < -0.3 is 15.4 Å². The van der Waals surface area contributed by atoms with Crippen LogP contribution >= 0.6 is 11.8 Å². The molecule has 1 atom stereocenters. The number of morpholine rings is 1. The third-order valence-electron chi connectivity index (χ3n) is 5.85. The van der Waals surface area contributed by atoms with Crippen LogP contribution in [-0.4, -0.2) is 97.4 Å². The number of rotatable bonds is 10. The number of hydrogen-bond donors (Lipinski definition) is 2. The predicted octanol–water partition coefficient (Wildman–Crippen LogP) is 2.26. The Bertz CT molecular complexity index is 452. The van der Waals surface area contributed by atoms with Crippen molar-refractivity contribution in [3.63, 3.8) is 0 Å². The second kappa shape index (κ2) is 12.3. The maximum atomic E-state index is 5.57. The summed E-state index contributed by atoms with van der Waals surface area (Å²) in [5.41, 5.74) is 0.211. The molecule has 0 saturated carbocycles. The topological polar surface area (TPSA) is 52.1 Å². The smallest absolute Gasteiger partial charge is 0.191 e. The summed E-state index contributed by atoms with van der Waals surface area (Å²) in [5, 5.41) is 7.00. The SMILES string of the molecule is CCNC(=NCC1(N2CCOCC2)CCSC1)NCCCN(C(C)C)C(C)C. The Labute approximate surface area is 177 Å². The molecule has 2 fully saturated rings. The van der Waals surface area contributed by atoms with Gasteiger partial charge in [-0.25, -0.2) is 0 Å². The van der Waals surface area contributed by atoms with E-state index in [9.17, 15) is 0 Å². The summed E-state index contributed by atoms with van der Waals surface area (Å²) in [4.78, 5) is 10.2. The molecule has 2 aliphatic rings. The van der Waals surface area contributed by atoms with E-state index in [0.29, 0.717) is 12.1 Å². The Kier molecular flexibility index (Phi) is 10.4. The monoisotopic (exact) mass is 413 g/mol. The zero-order valence-electron chi connectivity index (χ0n) is 18.8. The van der Waals surface area contributed by atoms with E-state index < -0.39 is 0 Å². The highest BCUT2D eigenvalue weighted by atomic mass is 32.2. The maximum Gasteiger partial charge on any atom is 0.191 e. The van der Waals surface area contributed by atoms with Gasteiger partial charge in [0.2, 0.25) is 0 Å². The van der Waals surface area contributed by atoms with Crippen molar-refractivity contribution in [1.29, 1.82) is 0 Å². The van der Waals surface area contributed by atoms with E-state index in [1.807, 2.05) is 0 Å². The Morgan fingerprint density at radius 1 is 1.18 bits per heavy atom. The molecule has 2 aliphatic heterocycles. The molecule has 0 aromatic rings. The maximum absolute atomic E-state index is 5.57. The first kappa shape index (κ1) is 23.8. The predicted molar refractivity (Wildman–Crippen MR) is 123 cm³/mol. The molecule has 0 aromatic heterocycles. The second-order valence-corrected chi connectivity index (χ2v) is 9.63. The number of hydrogen-bond acceptors (Lipinski definition) is 5. The van der Waals surface area contributed by atoms with Crippen molar-refractivity contribution in [1.82, 2.24) is 20.4 Å². The first-order chi connectivity index (χ1) is 13.5. The molecule has 1 unspecified atom stereocenters. The van der Waals surface area contributed by atoms with E-state index in [1.54, 1.807) is 0 Å². The van der Waals surface area contributed by atoms with Crippen molar-refractivity contribution >= 4 is 17.7 Å². The largest absolute Gasteiger partial charge is 0.379 e. The van der Waals surface area contributed by atoms with Crippen molar-refractivity contribution in [2.45, 2.75) is 65.1 Å². The normalized spacial score (nSPS) is 24.5. The van der Waals surface area contributed by atoms with Crippen LogP contribution in [0.5, 0.6) is 0 Å². The summed E-state index contributed by atoms with van der Waals surface area (Å²) in [6, 6.07) is 1.19. The van der Waals surface area contributed by atoms with E-state index >= 15 is 0 Å². The Morgan fingerprint density at radius 3 is 2.46 bits per heavy atom. The van der Waals surface area contributed by atoms with E-state index in [0.717, 1.165) is 64.9 Å². The number of guanidine groups is 1. The van der Waals surface area contributed by atoms with Gasteiger partial charge in [0, 0.05) is 50.6 Å². The standard InChI is InChI=1S/C21H43N5OS/c1-6-22-20(23-9-7-10-26(18(2)3)19(4)5)24-16-21(8-15-28-17-21)25-11-13-27-14-12-25/h18-19H,6-17H2,1-5H3,(H2,22,23,24). The lowest BCUT2D eigenvalue weighted by Gasteiger charge is -2.42. The Morgan fingerprint density at radius 2 is 1.89 bits per heavy atom. The van der Waals surface area contributed by atoms with Crippen LogP contribution < -0.4 is 10.6 Å². The fourth-order valence-corrected chi connectivity index (χ4v) is 5.72. The lowest BCUT2D eigenvalue weighted by molar-refractivity contribution is -0.0104. The first-order valence-electron chi connectivity index (χ1n) is 11.2. The van der Waals surface area contributed by atoms with Crippen LogP contribution in [0.2, 0.25) is 0 Å². The molecule has 0 aromatic carbocycles. The summed E-state index contributed by atoms with van der Waals surface area (Å²) in [7, 11) is 0. The molecule has 2 rings (SSSR count). The minimum absolute atomic E-state index is 0.211. The van der Waals surface area contributed by atoms with Crippen molar-refractivity contribution < 1.29 is 4.74 Å². The molecule has 0 spiro atoms. The number of nitrogens with zero attached hydrogens (tertiary/aromatic N) is 3.